The van der Waals surface area contributed by atoms with Crippen LogP contribution in [-0.4, -0.2) is 9.97 Å². The molecule has 0 aliphatic rings. The molecule has 0 radical (unpaired) electrons. The molecule has 0 spiro atoms. The van der Waals surface area contributed by atoms with E-state index >= 15 is 0 Å². The average molecular weight is 220 g/mol. The quantitative estimate of drug-likeness (QED) is 0.486. The highest BCUT2D eigenvalue weighted by molar-refractivity contribution is 6.11. The normalized spacial score (nSPS) is 11.5. The molecule has 0 aliphatic carbocycles. The van der Waals surface area contributed by atoms with Crippen molar-refractivity contribution in [1.82, 2.24) is 9.97 Å². The van der Waals surface area contributed by atoms with E-state index in [2.05, 4.69) is 33.2 Å². The molecule has 1 aromatic carbocycles. The van der Waals surface area contributed by atoms with Crippen molar-refractivity contribution in [3.63, 3.8) is 0 Å². The molecule has 17 heavy (non-hydrogen) atoms. The molecule has 3 aromatic heterocycles. The standard InChI is InChI=1S/C14H9N3/c1-3-15-7-10-5-11-12-8-16-4-2-13(12)17-14(11)6-9(1)10/h1-8,17H/p+1. The van der Waals surface area contributed by atoms with Gasteiger partial charge in [0.15, 0.2) is 12.4 Å². The zero-order chi connectivity index (χ0) is 11.2. The highest BCUT2D eigenvalue weighted by atomic mass is 14.7. The number of H-pyrrole nitrogens is 2. The number of nitrogens with zero attached hydrogens (tertiary/aromatic N) is 1. The van der Waals surface area contributed by atoms with Crippen molar-refractivity contribution < 1.29 is 4.98 Å². The van der Waals surface area contributed by atoms with E-state index in [1.165, 1.54) is 21.5 Å². The van der Waals surface area contributed by atoms with Crippen LogP contribution in [-0.2, 0) is 0 Å². The molecule has 0 saturated heterocycles. The van der Waals surface area contributed by atoms with E-state index in [0.29, 0.717) is 0 Å². The summed E-state index contributed by atoms with van der Waals surface area (Å²) >= 11 is 0. The fourth-order valence-electron chi connectivity index (χ4n) is 2.37. The van der Waals surface area contributed by atoms with Crippen LogP contribution in [0.2, 0.25) is 0 Å². The summed E-state index contributed by atoms with van der Waals surface area (Å²) in [6.07, 6.45) is 7.68. The van der Waals surface area contributed by atoms with Gasteiger partial charge < -0.3 is 4.98 Å². The molecule has 3 nitrogen and oxygen atoms in total. The predicted octanol–water partition coefficient (Wildman–Crippen LogP) is 2.68. The Bertz CT molecular complexity index is 840. The number of hydrogen-bond acceptors (Lipinski definition) is 1. The lowest BCUT2D eigenvalue weighted by molar-refractivity contribution is -0.375. The second-order valence-corrected chi connectivity index (χ2v) is 4.22. The summed E-state index contributed by atoms with van der Waals surface area (Å²) in [6, 6.07) is 8.46. The first-order chi connectivity index (χ1) is 8.42. The van der Waals surface area contributed by atoms with Gasteiger partial charge in [-0.2, -0.15) is 0 Å². The smallest absolute Gasteiger partial charge is 0.174 e. The molecule has 2 N–H and O–H groups in total. The second-order valence-electron chi connectivity index (χ2n) is 4.22. The van der Waals surface area contributed by atoms with Crippen LogP contribution >= 0.6 is 0 Å². The van der Waals surface area contributed by atoms with Crippen LogP contribution in [0.15, 0.2) is 49.1 Å². The Morgan fingerprint density at radius 1 is 1.00 bits per heavy atom. The lowest BCUT2D eigenvalue weighted by Gasteiger charge is -1.94. The van der Waals surface area contributed by atoms with Gasteiger partial charge in [-0.05, 0) is 23.6 Å². The molecular weight excluding hydrogens is 210 g/mol. The Balaban J connectivity index is 2.28. The molecule has 0 saturated carbocycles. The zero-order valence-corrected chi connectivity index (χ0v) is 9.07. The summed E-state index contributed by atoms with van der Waals surface area (Å²) < 4.78 is 0. The Hall–Kier alpha value is -2.42. The van der Waals surface area contributed by atoms with Crippen LogP contribution in [0, 0.1) is 0 Å². The number of benzene rings is 1. The number of fused-ring (bicyclic) bond motifs is 4. The van der Waals surface area contributed by atoms with Gasteiger partial charge in [-0.1, -0.05) is 0 Å². The summed E-state index contributed by atoms with van der Waals surface area (Å²) in [5.41, 5.74) is 2.29. The van der Waals surface area contributed by atoms with Crippen molar-refractivity contribution in [1.29, 1.82) is 0 Å². The van der Waals surface area contributed by atoms with Crippen molar-refractivity contribution in [2.24, 2.45) is 0 Å². The number of aromatic amines is 2. The molecule has 3 heterocycles. The molecule has 0 unspecified atom stereocenters. The molecule has 0 bridgehead atoms. The van der Waals surface area contributed by atoms with E-state index in [0.717, 1.165) is 11.0 Å². The molecule has 0 fully saturated rings. The van der Waals surface area contributed by atoms with E-state index in [-0.39, 0.29) is 0 Å². The van der Waals surface area contributed by atoms with Crippen molar-refractivity contribution in [3.05, 3.63) is 49.1 Å². The van der Waals surface area contributed by atoms with Crippen LogP contribution in [0.5, 0.6) is 0 Å². The van der Waals surface area contributed by atoms with Crippen LogP contribution in [0.3, 0.4) is 0 Å². The first-order valence-electron chi connectivity index (χ1n) is 5.57. The zero-order valence-electron chi connectivity index (χ0n) is 9.07. The van der Waals surface area contributed by atoms with Gasteiger partial charge in [0, 0.05) is 45.7 Å². The second kappa shape index (κ2) is 3.04. The fraction of sp³-hybridized carbons (Fsp3) is 0. The Morgan fingerprint density at radius 3 is 3.00 bits per heavy atom. The molecule has 0 aliphatic heterocycles. The molecule has 4 rings (SSSR count). The van der Waals surface area contributed by atoms with E-state index in [9.17, 15) is 0 Å². The van der Waals surface area contributed by atoms with Gasteiger partial charge in [-0.25, -0.2) is 4.98 Å². The third-order valence-electron chi connectivity index (χ3n) is 3.20. The average Bonchev–Trinajstić information content (AvgIpc) is 2.73. The molecule has 0 amide bonds. The molecular formula is C14H10N3+. The van der Waals surface area contributed by atoms with E-state index in [1.807, 2.05) is 30.9 Å². The van der Waals surface area contributed by atoms with Crippen molar-refractivity contribution in [3.8, 4) is 0 Å². The predicted molar refractivity (Wildman–Crippen MR) is 67.7 cm³/mol. The third kappa shape index (κ3) is 1.16. The Kier molecular flexibility index (Phi) is 1.56. The Labute approximate surface area is 97.1 Å². The van der Waals surface area contributed by atoms with Crippen molar-refractivity contribution >= 4 is 32.6 Å². The minimum Gasteiger partial charge on any atom is -0.354 e. The summed E-state index contributed by atoms with van der Waals surface area (Å²) in [6.45, 7) is 0. The highest BCUT2D eigenvalue weighted by Gasteiger charge is 2.06. The lowest BCUT2D eigenvalue weighted by Crippen LogP contribution is -1.96. The van der Waals surface area contributed by atoms with Crippen LogP contribution in [0.1, 0.15) is 0 Å². The van der Waals surface area contributed by atoms with Gasteiger partial charge in [0.05, 0.1) is 0 Å². The maximum Gasteiger partial charge on any atom is 0.174 e. The monoisotopic (exact) mass is 220 g/mol. The maximum atomic E-state index is 4.19. The van der Waals surface area contributed by atoms with Crippen LogP contribution < -0.4 is 4.98 Å². The maximum absolute atomic E-state index is 4.19. The first kappa shape index (κ1) is 8.70. The summed E-state index contributed by atoms with van der Waals surface area (Å²) in [5, 5.41) is 4.84. The minimum atomic E-state index is 1.13. The van der Waals surface area contributed by atoms with Gasteiger partial charge in [-0.3, -0.25) is 4.98 Å². The highest BCUT2D eigenvalue weighted by Crippen LogP contribution is 2.27. The van der Waals surface area contributed by atoms with Crippen molar-refractivity contribution in [2.45, 2.75) is 0 Å². The SMILES string of the molecule is c1cc2[nH]c3cc4cc[nH+]cc4cc3c2cn1. The van der Waals surface area contributed by atoms with Gasteiger partial charge in [-0.15, -0.1) is 0 Å². The third-order valence-corrected chi connectivity index (χ3v) is 3.20. The Morgan fingerprint density at radius 2 is 2.00 bits per heavy atom. The molecule has 80 valence electrons. The van der Waals surface area contributed by atoms with E-state index < -0.39 is 0 Å². The van der Waals surface area contributed by atoms with E-state index in [1.54, 1.807) is 0 Å². The number of hydrogen-bond donors (Lipinski definition) is 1. The number of pyridine rings is 2. The molecule has 3 heteroatoms. The summed E-state index contributed by atoms with van der Waals surface area (Å²) in [5.74, 6) is 0. The minimum absolute atomic E-state index is 1.13. The lowest BCUT2D eigenvalue weighted by atomic mass is 10.1. The van der Waals surface area contributed by atoms with Gasteiger partial charge in [0.25, 0.3) is 0 Å². The van der Waals surface area contributed by atoms with Gasteiger partial charge in [0.2, 0.25) is 0 Å². The summed E-state index contributed by atoms with van der Waals surface area (Å²) in [7, 11) is 0. The van der Waals surface area contributed by atoms with Crippen LogP contribution in [0.25, 0.3) is 32.6 Å². The largest absolute Gasteiger partial charge is 0.354 e. The van der Waals surface area contributed by atoms with Gasteiger partial charge in [0.1, 0.15) is 0 Å². The topological polar surface area (TPSA) is 42.8 Å². The molecule has 0 atom stereocenters. The molecule has 4 aromatic rings. The first-order valence-corrected chi connectivity index (χ1v) is 5.57. The van der Waals surface area contributed by atoms with Crippen molar-refractivity contribution in [2.75, 3.05) is 0 Å². The fourth-order valence-corrected chi connectivity index (χ4v) is 2.37. The number of rotatable bonds is 0. The number of nitrogens with one attached hydrogen (secondary N) is 2. The van der Waals surface area contributed by atoms with Gasteiger partial charge >= 0.3 is 0 Å². The van der Waals surface area contributed by atoms with Crippen LogP contribution in [0.4, 0.5) is 0 Å². The van der Waals surface area contributed by atoms with E-state index in [4.69, 9.17) is 0 Å². The summed E-state index contributed by atoms with van der Waals surface area (Å²) in [4.78, 5) is 10.7. The number of aromatic nitrogens is 3.